The van der Waals surface area contributed by atoms with Crippen LogP contribution in [0.15, 0.2) is 67.1 Å². The monoisotopic (exact) mass is 457 g/mol. The molecule has 0 radical (unpaired) electrons. The number of carbonyl (C=O) groups excluding carboxylic acids is 1. The maximum atomic E-state index is 11.5. The average Bonchev–Trinajstić information content (AvgIpc) is 3.33. The molecule has 0 spiro atoms. The second-order valence-corrected chi connectivity index (χ2v) is 8.46. The Morgan fingerprint density at radius 2 is 1.68 bits per heavy atom. The van der Waals surface area contributed by atoms with Crippen molar-refractivity contribution in [3.63, 3.8) is 0 Å². The molecule has 1 amide bonds. The third-order valence-corrected chi connectivity index (χ3v) is 6.23. The van der Waals surface area contributed by atoms with Crippen LogP contribution in [0.25, 0.3) is 27.9 Å². The van der Waals surface area contributed by atoms with E-state index in [9.17, 15) is 4.79 Å². The van der Waals surface area contributed by atoms with E-state index in [0.29, 0.717) is 12.2 Å². The largest absolute Gasteiger partial charge is 0.492 e. The van der Waals surface area contributed by atoms with E-state index < -0.39 is 5.91 Å². The molecule has 34 heavy (non-hydrogen) atoms. The van der Waals surface area contributed by atoms with Crippen molar-refractivity contribution in [2.24, 2.45) is 0 Å². The van der Waals surface area contributed by atoms with Crippen molar-refractivity contribution in [1.82, 2.24) is 25.0 Å². The van der Waals surface area contributed by atoms with Gasteiger partial charge >= 0.3 is 0 Å². The van der Waals surface area contributed by atoms with Crippen LogP contribution in [0.2, 0.25) is 0 Å². The van der Waals surface area contributed by atoms with Crippen molar-refractivity contribution >= 4 is 11.6 Å². The van der Waals surface area contributed by atoms with Crippen LogP contribution in [0, 0.1) is 0 Å². The molecule has 8 nitrogen and oxygen atoms in total. The van der Waals surface area contributed by atoms with Gasteiger partial charge in [-0.2, -0.15) is 5.10 Å². The number of likely N-dealkylation sites (tertiary alicyclic amines) is 1. The van der Waals surface area contributed by atoms with E-state index in [1.807, 2.05) is 36.7 Å². The van der Waals surface area contributed by atoms with Crippen molar-refractivity contribution in [2.75, 3.05) is 26.2 Å². The summed E-state index contributed by atoms with van der Waals surface area (Å²) in [4.78, 5) is 18.6. The van der Waals surface area contributed by atoms with E-state index in [-0.39, 0.29) is 0 Å². The molecular formula is C26H27N5O3. The van der Waals surface area contributed by atoms with Crippen LogP contribution >= 0.6 is 0 Å². The molecule has 1 aliphatic rings. The summed E-state index contributed by atoms with van der Waals surface area (Å²) in [5.41, 5.74) is 6.47. The summed E-state index contributed by atoms with van der Waals surface area (Å²) < 4.78 is 7.69. The first-order chi connectivity index (χ1) is 16.7. The van der Waals surface area contributed by atoms with Crippen LogP contribution in [0.4, 0.5) is 0 Å². The van der Waals surface area contributed by atoms with Crippen LogP contribution in [-0.2, 0) is 0 Å². The number of fused-ring (bicyclic) bond motifs is 1. The molecule has 1 aliphatic heterocycles. The summed E-state index contributed by atoms with van der Waals surface area (Å²) in [5, 5.41) is 13.2. The van der Waals surface area contributed by atoms with Crippen molar-refractivity contribution in [3.8, 4) is 28.0 Å². The molecule has 4 aromatic rings. The molecule has 0 bridgehead atoms. The van der Waals surface area contributed by atoms with E-state index in [2.05, 4.69) is 15.0 Å². The lowest BCUT2D eigenvalue weighted by molar-refractivity contribution is 0.0706. The molecule has 174 valence electrons. The Bertz CT molecular complexity index is 1260. The van der Waals surface area contributed by atoms with Crippen LogP contribution in [0.3, 0.4) is 0 Å². The highest BCUT2D eigenvalue weighted by molar-refractivity contribution is 5.94. The number of hydrogen-bond donors (Lipinski definition) is 2. The Morgan fingerprint density at radius 3 is 2.41 bits per heavy atom. The molecule has 0 atom stereocenters. The topological polar surface area (TPSA) is 92.0 Å². The number of piperidine rings is 1. The Balaban J connectivity index is 1.27. The van der Waals surface area contributed by atoms with Gasteiger partial charge in [0.15, 0.2) is 5.65 Å². The molecule has 1 saturated heterocycles. The van der Waals surface area contributed by atoms with Gasteiger partial charge in [-0.25, -0.2) is 15.0 Å². The molecule has 0 aliphatic carbocycles. The zero-order valence-electron chi connectivity index (χ0n) is 18.9. The van der Waals surface area contributed by atoms with Crippen LogP contribution in [0.1, 0.15) is 29.6 Å². The molecule has 3 heterocycles. The molecule has 0 unspecified atom stereocenters. The Morgan fingerprint density at radius 1 is 0.941 bits per heavy atom. The normalized spacial score (nSPS) is 14.3. The third kappa shape index (κ3) is 4.78. The Hall–Kier alpha value is -3.75. The quantitative estimate of drug-likeness (QED) is 0.321. The first-order valence-corrected chi connectivity index (χ1v) is 11.5. The minimum Gasteiger partial charge on any atom is -0.492 e. The molecular weight excluding hydrogens is 430 g/mol. The van der Waals surface area contributed by atoms with Gasteiger partial charge in [0.25, 0.3) is 5.91 Å². The molecule has 2 aromatic carbocycles. The highest BCUT2D eigenvalue weighted by Gasteiger charge is 2.12. The minimum atomic E-state index is -0.549. The van der Waals surface area contributed by atoms with Crippen molar-refractivity contribution in [1.29, 1.82) is 0 Å². The van der Waals surface area contributed by atoms with Gasteiger partial charge in [0.05, 0.1) is 6.20 Å². The maximum Gasteiger partial charge on any atom is 0.274 e. The van der Waals surface area contributed by atoms with Gasteiger partial charge in [-0.05, 0) is 61.3 Å². The maximum absolute atomic E-state index is 11.5. The van der Waals surface area contributed by atoms with Crippen LogP contribution < -0.4 is 10.2 Å². The first-order valence-electron chi connectivity index (χ1n) is 11.5. The lowest BCUT2D eigenvalue weighted by Crippen LogP contribution is -2.33. The van der Waals surface area contributed by atoms with E-state index in [1.165, 1.54) is 32.4 Å². The number of benzene rings is 2. The van der Waals surface area contributed by atoms with Crippen molar-refractivity contribution < 1.29 is 14.7 Å². The summed E-state index contributed by atoms with van der Waals surface area (Å²) in [5.74, 6) is 0.321. The number of aromatic nitrogens is 3. The van der Waals surface area contributed by atoms with Gasteiger partial charge in [0.2, 0.25) is 0 Å². The fourth-order valence-corrected chi connectivity index (χ4v) is 4.31. The van der Waals surface area contributed by atoms with Gasteiger partial charge in [0, 0.05) is 35.6 Å². The summed E-state index contributed by atoms with van der Waals surface area (Å²) in [6.45, 7) is 4.04. The SMILES string of the molecule is O=C(NO)c1ccc(-c2cnn3cc(-c4ccc(OCCN5CCCCC5)cc4)cnc23)cc1. The summed E-state index contributed by atoms with van der Waals surface area (Å²) in [7, 11) is 0. The smallest absolute Gasteiger partial charge is 0.274 e. The highest BCUT2D eigenvalue weighted by atomic mass is 16.5. The van der Waals surface area contributed by atoms with Crippen LogP contribution in [-0.4, -0.2) is 56.9 Å². The standard InChI is InChI=1S/C26H27N5O3/c32-26(29-33)21-6-4-20(5-7-21)24-17-28-31-18-22(16-27-25(24)31)19-8-10-23(11-9-19)34-15-14-30-12-2-1-3-13-30/h4-11,16-18,33H,1-3,12-15H2,(H,29,32). The minimum absolute atomic E-state index is 0.372. The Kier molecular flexibility index (Phi) is 6.51. The molecule has 8 heteroatoms. The second kappa shape index (κ2) is 10.0. The third-order valence-electron chi connectivity index (χ3n) is 6.23. The van der Waals surface area contributed by atoms with Gasteiger partial charge in [0.1, 0.15) is 12.4 Å². The molecule has 5 rings (SSSR count). The van der Waals surface area contributed by atoms with E-state index in [0.717, 1.165) is 40.2 Å². The summed E-state index contributed by atoms with van der Waals surface area (Å²) in [6.07, 6.45) is 9.47. The molecule has 0 saturated carbocycles. The zero-order valence-corrected chi connectivity index (χ0v) is 18.9. The van der Waals surface area contributed by atoms with E-state index in [1.54, 1.807) is 40.5 Å². The second-order valence-electron chi connectivity index (χ2n) is 8.46. The van der Waals surface area contributed by atoms with Crippen LogP contribution in [0.5, 0.6) is 5.75 Å². The number of nitrogens with one attached hydrogen (secondary N) is 1. The number of nitrogens with zero attached hydrogens (tertiary/aromatic N) is 4. The average molecular weight is 458 g/mol. The molecule has 2 N–H and O–H groups in total. The number of hydrogen-bond acceptors (Lipinski definition) is 6. The van der Waals surface area contributed by atoms with Gasteiger partial charge in [-0.15, -0.1) is 0 Å². The summed E-state index contributed by atoms with van der Waals surface area (Å²) in [6, 6.07) is 15.0. The first kappa shape index (κ1) is 22.1. The van der Waals surface area contributed by atoms with Crippen molar-refractivity contribution in [2.45, 2.75) is 19.3 Å². The fraction of sp³-hybridized carbons (Fsp3) is 0.269. The predicted molar refractivity (Wildman–Crippen MR) is 129 cm³/mol. The van der Waals surface area contributed by atoms with E-state index in [4.69, 9.17) is 9.94 Å². The lowest BCUT2D eigenvalue weighted by atomic mass is 10.1. The highest BCUT2D eigenvalue weighted by Crippen LogP contribution is 2.27. The number of hydroxylamine groups is 1. The summed E-state index contributed by atoms with van der Waals surface area (Å²) >= 11 is 0. The lowest BCUT2D eigenvalue weighted by Gasteiger charge is -2.26. The fourth-order valence-electron chi connectivity index (χ4n) is 4.31. The number of carbonyl (C=O) groups is 1. The molecule has 1 fully saturated rings. The molecule has 2 aromatic heterocycles. The zero-order chi connectivity index (χ0) is 23.3. The number of ether oxygens (including phenoxy) is 1. The van der Waals surface area contributed by atoms with Gasteiger partial charge < -0.3 is 4.74 Å². The number of amides is 1. The van der Waals surface area contributed by atoms with Gasteiger partial charge in [-0.1, -0.05) is 30.7 Å². The Labute approximate surface area is 197 Å². The van der Waals surface area contributed by atoms with Crippen molar-refractivity contribution in [3.05, 3.63) is 72.7 Å². The van der Waals surface area contributed by atoms with E-state index >= 15 is 0 Å². The predicted octanol–water partition coefficient (Wildman–Crippen LogP) is 4.05. The van der Waals surface area contributed by atoms with Gasteiger partial charge in [-0.3, -0.25) is 14.9 Å². The number of rotatable bonds is 7.